The van der Waals surface area contributed by atoms with Gasteiger partial charge in [0.2, 0.25) is 0 Å². The lowest BCUT2D eigenvalue weighted by molar-refractivity contribution is 0.238. The maximum Gasteiger partial charge on any atom is 0.138 e. The molecule has 0 unspecified atom stereocenters. The molecule has 0 radical (unpaired) electrons. The summed E-state index contributed by atoms with van der Waals surface area (Å²) in [5.41, 5.74) is 0.243. The van der Waals surface area contributed by atoms with Crippen molar-refractivity contribution < 1.29 is 0 Å². The van der Waals surface area contributed by atoms with Crippen molar-refractivity contribution >= 4 is 39.0 Å². The minimum atomic E-state index is 0.243. The molecule has 0 bridgehead atoms. The molecule has 2 heterocycles. The Hall–Kier alpha value is -0.870. The van der Waals surface area contributed by atoms with Gasteiger partial charge in [-0.25, -0.2) is 9.97 Å². The van der Waals surface area contributed by atoms with Crippen molar-refractivity contribution in [1.82, 2.24) is 9.97 Å². The highest BCUT2D eigenvalue weighted by Crippen LogP contribution is 2.37. The van der Waals surface area contributed by atoms with E-state index in [1.807, 2.05) is 0 Å². The van der Waals surface area contributed by atoms with E-state index in [1.54, 1.807) is 17.7 Å². The van der Waals surface area contributed by atoms with Gasteiger partial charge in [-0.05, 0) is 24.3 Å². The van der Waals surface area contributed by atoms with Gasteiger partial charge in [-0.15, -0.1) is 22.9 Å². The fraction of sp³-hybridized carbons (Fsp3) is 0.571. The highest BCUT2D eigenvalue weighted by atomic mass is 35.5. The van der Waals surface area contributed by atoms with Crippen LogP contribution >= 0.6 is 22.9 Å². The molecule has 2 aromatic rings. The summed E-state index contributed by atoms with van der Waals surface area (Å²) in [4.78, 5) is 9.69. The van der Waals surface area contributed by atoms with Gasteiger partial charge in [-0.2, -0.15) is 0 Å². The van der Waals surface area contributed by atoms with E-state index >= 15 is 0 Å². The lowest BCUT2D eigenvalue weighted by atomic mass is 9.75. The third kappa shape index (κ3) is 2.70. The molecular weight excluding hydrogens is 278 g/mol. The third-order valence-corrected chi connectivity index (χ3v) is 5.48. The first-order valence-electron chi connectivity index (χ1n) is 6.81. The Labute approximate surface area is 122 Å². The minimum Gasteiger partial charge on any atom is -0.369 e. The van der Waals surface area contributed by atoms with Crippen LogP contribution in [0.4, 0.5) is 5.82 Å². The minimum absolute atomic E-state index is 0.243. The summed E-state index contributed by atoms with van der Waals surface area (Å²) in [5.74, 6) is 1.68. The number of alkyl halides is 1. The highest BCUT2D eigenvalue weighted by Gasteiger charge is 2.31. The maximum atomic E-state index is 6.23. The summed E-state index contributed by atoms with van der Waals surface area (Å²) in [7, 11) is 0. The van der Waals surface area contributed by atoms with Crippen LogP contribution in [0.3, 0.4) is 0 Å². The standard InChI is InChI=1S/C14H18ClN3S/c15-8-14(5-2-1-3-6-14)9-16-12-11-4-7-19-13(11)18-10-17-12/h4,7,10H,1-3,5-6,8-9H2,(H,16,17,18). The average Bonchev–Trinajstić information content (AvgIpc) is 2.95. The molecule has 0 saturated heterocycles. The summed E-state index contributed by atoms with van der Waals surface area (Å²) in [6.07, 6.45) is 8.02. The molecule has 1 aliphatic carbocycles. The van der Waals surface area contributed by atoms with E-state index in [9.17, 15) is 0 Å². The number of rotatable bonds is 4. The van der Waals surface area contributed by atoms with Crippen molar-refractivity contribution in [3.8, 4) is 0 Å². The lowest BCUT2D eigenvalue weighted by Crippen LogP contribution is -2.34. The molecule has 3 nitrogen and oxygen atoms in total. The smallest absolute Gasteiger partial charge is 0.138 e. The van der Waals surface area contributed by atoms with Crippen molar-refractivity contribution in [2.45, 2.75) is 32.1 Å². The Kier molecular flexibility index (Phi) is 3.89. The van der Waals surface area contributed by atoms with Gasteiger partial charge in [-0.1, -0.05) is 19.3 Å². The van der Waals surface area contributed by atoms with Gasteiger partial charge in [0.15, 0.2) is 0 Å². The summed E-state index contributed by atoms with van der Waals surface area (Å²) in [6.45, 7) is 0.915. The fourth-order valence-electron chi connectivity index (χ4n) is 2.86. The van der Waals surface area contributed by atoms with E-state index < -0.39 is 0 Å². The number of nitrogens with zero attached hydrogens (tertiary/aromatic N) is 2. The van der Waals surface area contributed by atoms with E-state index in [2.05, 4.69) is 26.7 Å². The van der Waals surface area contributed by atoms with Crippen LogP contribution in [0.5, 0.6) is 0 Å². The fourth-order valence-corrected chi connectivity index (χ4v) is 3.96. The number of hydrogen-bond acceptors (Lipinski definition) is 4. The topological polar surface area (TPSA) is 37.8 Å². The van der Waals surface area contributed by atoms with E-state index in [4.69, 9.17) is 11.6 Å². The van der Waals surface area contributed by atoms with E-state index in [-0.39, 0.29) is 5.41 Å². The average molecular weight is 296 g/mol. The first-order valence-corrected chi connectivity index (χ1v) is 8.22. The van der Waals surface area contributed by atoms with Crippen molar-refractivity contribution in [3.05, 3.63) is 17.8 Å². The largest absolute Gasteiger partial charge is 0.369 e. The first kappa shape index (κ1) is 13.1. The molecular formula is C14H18ClN3S. The number of anilines is 1. The Bertz CT molecular complexity index is 548. The summed E-state index contributed by atoms with van der Waals surface area (Å²) in [5, 5.41) is 6.68. The highest BCUT2D eigenvalue weighted by molar-refractivity contribution is 7.16. The molecule has 0 spiro atoms. The van der Waals surface area contributed by atoms with Gasteiger partial charge < -0.3 is 5.32 Å². The summed E-state index contributed by atoms with van der Waals surface area (Å²) < 4.78 is 0. The molecule has 5 heteroatoms. The van der Waals surface area contributed by atoms with Crippen LogP contribution in [0.2, 0.25) is 0 Å². The van der Waals surface area contributed by atoms with Crippen LogP contribution in [0.25, 0.3) is 10.2 Å². The zero-order valence-corrected chi connectivity index (χ0v) is 12.4. The van der Waals surface area contributed by atoms with E-state index in [1.165, 1.54) is 32.1 Å². The monoisotopic (exact) mass is 295 g/mol. The van der Waals surface area contributed by atoms with Crippen LogP contribution in [0, 0.1) is 5.41 Å². The van der Waals surface area contributed by atoms with Gasteiger partial charge in [-0.3, -0.25) is 0 Å². The molecule has 19 heavy (non-hydrogen) atoms. The summed E-state index contributed by atoms with van der Waals surface area (Å²) in [6, 6.07) is 2.08. The maximum absolute atomic E-state index is 6.23. The van der Waals surface area contributed by atoms with Crippen molar-refractivity contribution in [2.24, 2.45) is 5.41 Å². The Balaban J connectivity index is 1.76. The lowest BCUT2D eigenvalue weighted by Gasteiger charge is -2.35. The Morgan fingerprint density at radius 3 is 2.89 bits per heavy atom. The Morgan fingerprint density at radius 2 is 2.11 bits per heavy atom. The second kappa shape index (κ2) is 5.63. The third-order valence-electron chi connectivity index (χ3n) is 4.09. The van der Waals surface area contributed by atoms with E-state index in [0.29, 0.717) is 0 Å². The van der Waals surface area contributed by atoms with Gasteiger partial charge in [0, 0.05) is 17.8 Å². The number of fused-ring (bicyclic) bond motifs is 1. The normalized spacial score (nSPS) is 18.6. The second-order valence-corrected chi connectivity index (χ2v) is 6.57. The molecule has 0 aromatic carbocycles. The molecule has 102 valence electrons. The predicted molar refractivity (Wildman–Crippen MR) is 82.1 cm³/mol. The number of hydrogen-bond donors (Lipinski definition) is 1. The molecule has 0 atom stereocenters. The number of nitrogens with one attached hydrogen (secondary N) is 1. The zero-order chi connectivity index (χ0) is 13.1. The van der Waals surface area contributed by atoms with E-state index in [0.717, 1.165) is 28.5 Å². The first-order chi connectivity index (χ1) is 9.33. The second-order valence-electron chi connectivity index (χ2n) is 5.41. The quantitative estimate of drug-likeness (QED) is 0.855. The Morgan fingerprint density at radius 1 is 1.26 bits per heavy atom. The molecule has 2 aromatic heterocycles. The predicted octanol–water partition coefficient (Wildman–Crippen LogP) is 4.29. The number of halogens is 1. The van der Waals surface area contributed by atoms with Crippen LogP contribution < -0.4 is 5.32 Å². The van der Waals surface area contributed by atoms with Crippen LogP contribution in [0.15, 0.2) is 17.8 Å². The van der Waals surface area contributed by atoms with Gasteiger partial charge in [0.1, 0.15) is 17.0 Å². The van der Waals surface area contributed by atoms with Gasteiger partial charge in [0.25, 0.3) is 0 Å². The van der Waals surface area contributed by atoms with Crippen LogP contribution in [-0.2, 0) is 0 Å². The molecule has 3 rings (SSSR count). The molecule has 0 aliphatic heterocycles. The van der Waals surface area contributed by atoms with Crippen LogP contribution in [0.1, 0.15) is 32.1 Å². The SMILES string of the molecule is ClCC1(CNc2ncnc3sccc23)CCCCC1. The van der Waals surface area contributed by atoms with Crippen molar-refractivity contribution in [3.63, 3.8) is 0 Å². The molecule has 1 saturated carbocycles. The van der Waals surface area contributed by atoms with Crippen molar-refractivity contribution in [2.75, 3.05) is 17.7 Å². The zero-order valence-electron chi connectivity index (χ0n) is 10.9. The molecule has 1 aliphatic rings. The number of aromatic nitrogens is 2. The molecule has 0 amide bonds. The van der Waals surface area contributed by atoms with Crippen LogP contribution in [-0.4, -0.2) is 22.4 Å². The van der Waals surface area contributed by atoms with Crippen molar-refractivity contribution in [1.29, 1.82) is 0 Å². The molecule has 1 fully saturated rings. The summed E-state index contributed by atoms with van der Waals surface area (Å²) >= 11 is 7.88. The van der Waals surface area contributed by atoms with Gasteiger partial charge >= 0.3 is 0 Å². The molecule has 1 N–H and O–H groups in total. The van der Waals surface area contributed by atoms with Gasteiger partial charge in [0.05, 0.1) is 5.39 Å². The number of thiophene rings is 1.